The van der Waals surface area contributed by atoms with Crippen molar-refractivity contribution in [3.8, 4) is 0 Å². The zero-order chi connectivity index (χ0) is 13.9. The molecule has 18 heavy (non-hydrogen) atoms. The number of carbonyl (C=O) groups excluding carboxylic acids is 2. The van der Waals surface area contributed by atoms with Crippen LogP contribution in [0.25, 0.3) is 0 Å². The maximum atomic E-state index is 12.0. The molecule has 0 spiro atoms. The van der Waals surface area contributed by atoms with Crippen molar-refractivity contribution in [2.45, 2.75) is 53.9 Å². The Morgan fingerprint density at radius 1 is 1.11 bits per heavy atom. The molecular formula is C15H27NO2. The number of hydrogen-bond acceptors (Lipinski definition) is 2. The van der Waals surface area contributed by atoms with Crippen LogP contribution in [0.5, 0.6) is 0 Å². The fourth-order valence-electron chi connectivity index (χ4n) is 3.14. The highest BCUT2D eigenvalue weighted by atomic mass is 16.2. The molecule has 3 nitrogen and oxygen atoms in total. The first-order chi connectivity index (χ1) is 8.31. The molecule has 0 aliphatic carbocycles. The number of rotatable bonds is 5. The number of carbonyl (C=O) groups is 2. The van der Waals surface area contributed by atoms with E-state index in [4.69, 9.17) is 0 Å². The molecule has 1 fully saturated rings. The van der Waals surface area contributed by atoms with Gasteiger partial charge >= 0.3 is 0 Å². The van der Waals surface area contributed by atoms with Crippen LogP contribution in [0.4, 0.5) is 0 Å². The first kappa shape index (κ1) is 15.2. The Balaban J connectivity index is 2.80. The molecule has 1 rings (SSSR count). The van der Waals surface area contributed by atoms with Gasteiger partial charge in [-0.15, -0.1) is 0 Å². The monoisotopic (exact) mass is 253 g/mol. The van der Waals surface area contributed by atoms with Gasteiger partial charge in [0.25, 0.3) is 0 Å². The summed E-state index contributed by atoms with van der Waals surface area (Å²) in [5.41, 5.74) is 0. The van der Waals surface area contributed by atoms with Gasteiger partial charge in [0.05, 0.1) is 0 Å². The highest BCUT2D eigenvalue weighted by Crippen LogP contribution is 2.35. The van der Waals surface area contributed by atoms with Crippen molar-refractivity contribution in [3.05, 3.63) is 0 Å². The third-order valence-corrected chi connectivity index (χ3v) is 3.84. The molecule has 0 aromatic carbocycles. The van der Waals surface area contributed by atoms with Crippen molar-refractivity contribution in [1.82, 2.24) is 5.32 Å². The highest BCUT2D eigenvalue weighted by Gasteiger charge is 2.38. The molecule has 0 aromatic heterocycles. The summed E-state index contributed by atoms with van der Waals surface area (Å²) in [5, 5.41) is 2.50. The molecule has 0 radical (unpaired) electrons. The van der Waals surface area contributed by atoms with Crippen LogP contribution in [0.1, 0.15) is 53.9 Å². The number of nitrogens with one attached hydrogen (secondary N) is 1. The molecule has 3 unspecified atom stereocenters. The van der Waals surface area contributed by atoms with Gasteiger partial charge < -0.3 is 0 Å². The van der Waals surface area contributed by atoms with E-state index in [2.05, 4.69) is 39.9 Å². The molecule has 1 N–H and O–H groups in total. The zero-order valence-electron chi connectivity index (χ0n) is 12.3. The molecule has 1 aliphatic rings. The molecule has 2 amide bonds. The Kier molecular flexibility index (Phi) is 5.36. The van der Waals surface area contributed by atoms with Crippen LogP contribution in [0.15, 0.2) is 0 Å². The molecular weight excluding hydrogens is 226 g/mol. The van der Waals surface area contributed by atoms with Crippen molar-refractivity contribution < 1.29 is 9.59 Å². The lowest BCUT2D eigenvalue weighted by molar-refractivity contribution is -0.141. The average molecular weight is 253 g/mol. The number of hydrogen-bond donors (Lipinski definition) is 1. The van der Waals surface area contributed by atoms with E-state index in [-0.39, 0.29) is 23.7 Å². The molecule has 3 heteroatoms. The van der Waals surface area contributed by atoms with E-state index in [1.165, 1.54) is 0 Å². The first-order valence-corrected chi connectivity index (χ1v) is 7.15. The third kappa shape index (κ3) is 4.11. The standard InChI is InChI=1S/C15H27NO2/c1-9(2)6-11(5)12-8-14(17)16-15(18)13(12)7-10(3)4/h9-13H,6-8H2,1-5H3,(H,16,17,18). The number of imide groups is 1. The minimum atomic E-state index is -0.0967. The van der Waals surface area contributed by atoms with Crippen molar-refractivity contribution >= 4 is 11.8 Å². The first-order valence-electron chi connectivity index (χ1n) is 7.15. The Labute approximate surface area is 111 Å². The van der Waals surface area contributed by atoms with Crippen LogP contribution in [0.3, 0.4) is 0 Å². The Morgan fingerprint density at radius 2 is 1.72 bits per heavy atom. The molecule has 104 valence electrons. The van der Waals surface area contributed by atoms with Gasteiger partial charge in [-0.05, 0) is 36.5 Å². The molecule has 1 heterocycles. The Hall–Kier alpha value is -0.860. The van der Waals surface area contributed by atoms with Gasteiger partial charge in [-0.1, -0.05) is 34.6 Å². The van der Waals surface area contributed by atoms with Gasteiger partial charge in [0.15, 0.2) is 0 Å². The second kappa shape index (κ2) is 6.35. The molecule has 1 aliphatic heterocycles. The molecule has 0 saturated carbocycles. The smallest absolute Gasteiger partial charge is 0.229 e. The van der Waals surface area contributed by atoms with E-state index in [0.717, 1.165) is 12.8 Å². The lowest BCUT2D eigenvalue weighted by atomic mass is 9.72. The van der Waals surface area contributed by atoms with Gasteiger partial charge in [0.2, 0.25) is 11.8 Å². The normalized spacial score (nSPS) is 26.6. The van der Waals surface area contributed by atoms with Crippen molar-refractivity contribution in [2.75, 3.05) is 0 Å². The van der Waals surface area contributed by atoms with Gasteiger partial charge in [0.1, 0.15) is 0 Å². The van der Waals surface area contributed by atoms with E-state index in [0.29, 0.717) is 24.2 Å². The van der Waals surface area contributed by atoms with Crippen LogP contribution in [0, 0.1) is 29.6 Å². The van der Waals surface area contributed by atoms with Crippen LogP contribution in [-0.4, -0.2) is 11.8 Å². The van der Waals surface area contributed by atoms with Crippen molar-refractivity contribution in [3.63, 3.8) is 0 Å². The number of amides is 2. The number of piperidine rings is 1. The molecule has 0 bridgehead atoms. The lowest BCUT2D eigenvalue weighted by Crippen LogP contribution is -2.48. The van der Waals surface area contributed by atoms with Gasteiger partial charge in [-0.2, -0.15) is 0 Å². The van der Waals surface area contributed by atoms with Crippen LogP contribution in [-0.2, 0) is 9.59 Å². The summed E-state index contributed by atoms with van der Waals surface area (Å²) in [4.78, 5) is 23.6. The van der Waals surface area contributed by atoms with Gasteiger partial charge in [-0.3, -0.25) is 14.9 Å². The maximum absolute atomic E-state index is 12.0. The predicted octanol–water partition coefficient (Wildman–Crippen LogP) is 2.99. The van der Waals surface area contributed by atoms with Crippen molar-refractivity contribution in [1.29, 1.82) is 0 Å². The zero-order valence-corrected chi connectivity index (χ0v) is 12.3. The average Bonchev–Trinajstić information content (AvgIpc) is 2.20. The predicted molar refractivity (Wildman–Crippen MR) is 72.8 cm³/mol. The summed E-state index contributed by atoms with van der Waals surface area (Å²) < 4.78 is 0. The van der Waals surface area contributed by atoms with Crippen molar-refractivity contribution in [2.24, 2.45) is 29.6 Å². The maximum Gasteiger partial charge on any atom is 0.229 e. The summed E-state index contributed by atoms with van der Waals surface area (Å²) >= 11 is 0. The lowest BCUT2D eigenvalue weighted by Gasteiger charge is -2.35. The minimum Gasteiger partial charge on any atom is -0.296 e. The Morgan fingerprint density at radius 3 is 2.22 bits per heavy atom. The van der Waals surface area contributed by atoms with Crippen LogP contribution in [0.2, 0.25) is 0 Å². The fourth-order valence-corrected chi connectivity index (χ4v) is 3.14. The van der Waals surface area contributed by atoms with Gasteiger partial charge in [-0.25, -0.2) is 0 Å². The minimum absolute atomic E-state index is 0.0106. The SMILES string of the molecule is CC(C)CC(C)C1CC(=O)NC(=O)C1CC(C)C. The Bertz CT molecular complexity index is 310. The quantitative estimate of drug-likeness (QED) is 0.766. The summed E-state index contributed by atoms with van der Waals surface area (Å²) in [6, 6.07) is 0. The van der Waals surface area contributed by atoms with E-state index >= 15 is 0 Å². The van der Waals surface area contributed by atoms with Crippen LogP contribution >= 0.6 is 0 Å². The molecule has 0 aromatic rings. The third-order valence-electron chi connectivity index (χ3n) is 3.84. The second-order valence-corrected chi connectivity index (χ2v) is 6.62. The highest BCUT2D eigenvalue weighted by molar-refractivity contribution is 5.99. The summed E-state index contributed by atoms with van der Waals surface area (Å²) in [6.45, 7) is 10.8. The van der Waals surface area contributed by atoms with Crippen LogP contribution < -0.4 is 5.32 Å². The van der Waals surface area contributed by atoms with E-state index in [9.17, 15) is 9.59 Å². The molecule has 1 saturated heterocycles. The van der Waals surface area contributed by atoms with Gasteiger partial charge in [0, 0.05) is 12.3 Å². The second-order valence-electron chi connectivity index (χ2n) is 6.62. The topological polar surface area (TPSA) is 46.2 Å². The molecule has 3 atom stereocenters. The van der Waals surface area contributed by atoms with E-state index < -0.39 is 0 Å². The van der Waals surface area contributed by atoms with E-state index in [1.807, 2.05) is 0 Å². The summed E-state index contributed by atoms with van der Waals surface area (Å²) in [5.74, 6) is 1.61. The summed E-state index contributed by atoms with van der Waals surface area (Å²) in [7, 11) is 0. The van der Waals surface area contributed by atoms with E-state index in [1.54, 1.807) is 0 Å². The largest absolute Gasteiger partial charge is 0.296 e. The summed E-state index contributed by atoms with van der Waals surface area (Å²) in [6.07, 6.45) is 2.48. The fraction of sp³-hybridized carbons (Fsp3) is 0.867.